The highest BCUT2D eigenvalue weighted by Crippen LogP contribution is 2.39. The summed E-state index contributed by atoms with van der Waals surface area (Å²) in [5.41, 5.74) is 8.68. The Balaban J connectivity index is 1.07. The molecule has 0 bridgehead atoms. The number of hydrogen-bond acceptors (Lipinski definition) is 11. The number of methoxy groups -OCH3 is 2. The van der Waals surface area contributed by atoms with E-state index in [4.69, 9.17) is 28.7 Å². The van der Waals surface area contributed by atoms with Crippen LogP contribution in [0.3, 0.4) is 0 Å². The minimum absolute atomic E-state index is 0.0912. The summed E-state index contributed by atoms with van der Waals surface area (Å²) in [6.07, 6.45) is 4.94. The summed E-state index contributed by atoms with van der Waals surface area (Å²) < 4.78 is 25.3. The van der Waals surface area contributed by atoms with Crippen molar-refractivity contribution in [1.29, 1.82) is 5.26 Å². The molecule has 3 heterocycles. The number of nitriles is 1. The molecule has 0 spiro atoms. The van der Waals surface area contributed by atoms with Gasteiger partial charge in [0.05, 0.1) is 61.4 Å². The third-order valence-electron chi connectivity index (χ3n) is 11.5. The molecule has 2 atom stereocenters. The normalized spacial score (nSPS) is 19.8. The molecule has 0 unspecified atom stereocenters. The Labute approximate surface area is 330 Å². The molecule has 1 saturated heterocycles. The van der Waals surface area contributed by atoms with E-state index >= 15 is 0 Å². The molecule has 4 N–H and O–H groups in total. The SMILES string of the molecule is COc1cc(-n2ncc3c(-c4cccc(-c5nc6cc(CNC7CCC(C(=O)O)CC7)cc(C#N)c6o5)c4C)cccc32)cc(OC)c1CN[C@@H]1CCOC[C@@H]1O. The molecule has 1 aliphatic heterocycles. The Bertz CT molecular complexity index is 2450. The van der Waals surface area contributed by atoms with Crippen LogP contribution in [0, 0.1) is 24.2 Å². The van der Waals surface area contributed by atoms with Gasteiger partial charge in [0.2, 0.25) is 5.89 Å². The van der Waals surface area contributed by atoms with Crippen molar-refractivity contribution in [2.75, 3.05) is 27.4 Å². The van der Waals surface area contributed by atoms with E-state index in [1.54, 1.807) is 14.2 Å². The number of aliphatic hydroxyl groups excluding tert-OH is 1. The summed E-state index contributed by atoms with van der Waals surface area (Å²) in [5, 5.41) is 42.6. The lowest BCUT2D eigenvalue weighted by Crippen LogP contribution is -2.46. The van der Waals surface area contributed by atoms with Gasteiger partial charge < -0.3 is 39.5 Å². The summed E-state index contributed by atoms with van der Waals surface area (Å²) >= 11 is 0. The number of benzene rings is 4. The molecule has 294 valence electrons. The smallest absolute Gasteiger partial charge is 0.306 e. The van der Waals surface area contributed by atoms with Gasteiger partial charge in [0.1, 0.15) is 23.1 Å². The molecule has 13 heteroatoms. The fourth-order valence-corrected chi connectivity index (χ4v) is 8.31. The second kappa shape index (κ2) is 16.4. The average Bonchev–Trinajstić information content (AvgIpc) is 3.87. The minimum atomic E-state index is -0.716. The van der Waals surface area contributed by atoms with E-state index < -0.39 is 12.1 Å². The molecular formula is C44H46N6O7. The summed E-state index contributed by atoms with van der Waals surface area (Å²) in [7, 11) is 3.26. The van der Waals surface area contributed by atoms with Crippen molar-refractivity contribution in [2.24, 2.45) is 5.92 Å². The maximum Gasteiger partial charge on any atom is 0.306 e. The summed E-state index contributed by atoms with van der Waals surface area (Å²) in [6.45, 7) is 3.95. The molecule has 2 fully saturated rings. The van der Waals surface area contributed by atoms with Gasteiger partial charge in [0.25, 0.3) is 0 Å². The molecule has 2 aromatic heterocycles. The highest BCUT2D eigenvalue weighted by molar-refractivity contribution is 5.97. The molecular weight excluding hydrogens is 725 g/mol. The van der Waals surface area contributed by atoms with E-state index in [9.17, 15) is 20.3 Å². The Hall–Kier alpha value is -5.78. The average molecular weight is 771 g/mol. The van der Waals surface area contributed by atoms with Gasteiger partial charge in [0, 0.05) is 54.9 Å². The number of rotatable bonds is 12. The van der Waals surface area contributed by atoms with Gasteiger partial charge in [-0.3, -0.25) is 4.79 Å². The first-order valence-corrected chi connectivity index (χ1v) is 19.4. The molecule has 4 aromatic carbocycles. The summed E-state index contributed by atoms with van der Waals surface area (Å²) in [4.78, 5) is 16.3. The predicted molar refractivity (Wildman–Crippen MR) is 214 cm³/mol. The van der Waals surface area contributed by atoms with Crippen LogP contribution in [-0.2, 0) is 22.6 Å². The van der Waals surface area contributed by atoms with Crippen LogP contribution in [0.15, 0.2) is 71.3 Å². The van der Waals surface area contributed by atoms with Gasteiger partial charge in [-0.05, 0) is 85.5 Å². The Kier molecular flexibility index (Phi) is 10.9. The first-order valence-electron chi connectivity index (χ1n) is 19.4. The van der Waals surface area contributed by atoms with E-state index in [0.29, 0.717) is 79.6 Å². The molecule has 57 heavy (non-hydrogen) atoms. The van der Waals surface area contributed by atoms with Gasteiger partial charge in [-0.25, -0.2) is 9.67 Å². The zero-order chi connectivity index (χ0) is 39.6. The molecule has 13 nitrogen and oxygen atoms in total. The van der Waals surface area contributed by atoms with Gasteiger partial charge in [-0.1, -0.05) is 24.3 Å². The molecule has 1 aliphatic carbocycles. The topological polar surface area (TPSA) is 177 Å². The lowest BCUT2D eigenvalue weighted by molar-refractivity contribution is -0.142. The minimum Gasteiger partial charge on any atom is -0.496 e. The van der Waals surface area contributed by atoms with Crippen LogP contribution in [0.1, 0.15) is 54.4 Å². The summed E-state index contributed by atoms with van der Waals surface area (Å²) in [5.74, 6) is 0.732. The number of aromatic nitrogens is 3. The van der Waals surface area contributed by atoms with Crippen LogP contribution >= 0.6 is 0 Å². The van der Waals surface area contributed by atoms with Crippen molar-refractivity contribution in [3.05, 3.63) is 89.1 Å². The largest absolute Gasteiger partial charge is 0.496 e. The highest BCUT2D eigenvalue weighted by Gasteiger charge is 2.27. The monoisotopic (exact) mass is 770 g/mol. The van der Waals surface area contributed by atoms with E-state index in [1.807, 2.05) is 66.3 Å². The van der Waals surface area contributed by atoms with Gasteiger partial charge in [-0.15, -0.1) is 0 Å². The molecule has 0 radical (unpaired) electrons. The molecule has 8 rings (SSSR count). The number of fused-ring (bicyclic) bond motifs is 2. The fourth-order valence-electron chi connectivity index (χ4n) is 8.31. The van der Waals surface area contributed by atoms with Crippen molar-refractivity contribution in [2.45, 2.75) is 70.3 Å². The van der Waals surface area contributed by atoms with E-state index in [1.165, 1.54) is 0 Å². The van der Waals surface area contributed by atoms with Crippen molar-refractivity contribution in [3.63, 3.8) is 0 Å². The molecule has 1 saturated carbocycles. The zero-order valence-electron chi connectivity index (χ0n) is 32.2. The Morgan fingerprint density at radius 3 is 2.42 bits per heavy atom. The van der Waals surface area contributed by atoms with E-state index in [2.05, 4.69) is 28.8 Å². The second-order valence-electron chi connectivity index (χ2n) is 14.9. The molecule has 6 aromatic rings. The predicted octanol–water partition coefficient (Wildman–Crippen LogP) is 6.67. The van der Waals surface area contributed by atoms with Crippen molar-refractivity contribution < 1.29 is 33.6 Å². The van der Waals surface area contributed by atoms with Gasteiger partial charge in [-0.2, -0.15) is 10.4 Å². The molecule has 2 aliphatic rings. The first-order chi connectivity index (χ1) is 27.8. The zero-order valence-corrected chi connectivity index (χ0v) is 32.2. The van der Waals surface area contributed by atoms with Crippen molar-refractivity contribution in [1.82, 2.24) is 25.4 Å². The van der Waals surface area contributed by atoms with Gasteiger partial charge >= 0.3 is 5.97 Å². The van der Waals surface area contributed by atoms with Crippen LogP contribution in [-0.4, -0.2) is 76.6 Å². The number of nitrogens with zero attached hydrogens (tertiary/aromatic N) is 4. The Morgan fingerprint density at radius 2 is 1.70 bits per heavy atom. The maximum atomic E-state index is 11.4. The van der Waals surface area contributed by atoms with Crippen molar-refractivity contribution in [3.8, 4) is 45.8 Å². The maximum absolute atomic E-state index is 11.4. The lowest BCUT2D eigenvalue weighted by atomic mass is 9.86. The number of aliphatic carboxylic acids is 1. The van der Waals surface area contributed by atoms with Crippen LogP contribution in [0.2, 0.25) is 0 Å². The number of aliphatic hydroxyl groups is 1. The van der Waals surface area contributed by atoms with Crippen LogP contribution in [0.25, 0.3) is 50.3 Å². The standard InChI is InChI=1S/C44H46N6O7/c1-25-31(6-4-7-32(25)43-49-37-17-26(16-28(20-45)42(37)57-43)21-46-29-12-10-27(11-13-29)44(52)53)33-8-5-9-38-34(33)23-48-50(38)30-18-40(54-2)35(41(19-30)55-3)22-47-36-14-15-56-24-39(36)51/h4-9,16-19,23,27,29,36,39,46-47,51H,10-15,21-22,24H2,1-3H3,(H,52,53)/t27?,29?,36-,39+/m1/s1. The quantitative estimate of drug-likeness (QED) is 0.104. The third kappa shape index (κ3) is 7.57. The van der Waals surface area contributed by atoms with Gasteiger partial charge in [0.15, 0.2) is 5.58 Å². The number of carboxylic acid groups (broad SMARTS) is 1. The van der Waals surface area contributed by atoms with E-state index in [-0.39, 0.29) is 18.0 Å². The number of hydrogen-bond donors (Lipinski definition) is 4. The van der Waals surface area contributed by atoms with Crippen molar-refractivity contribution >= 4 is 28.0 Å². The number of carboxylic acids is 1. The van der Waals surface area contributed by atoms with Crippen LogP contribution < -0.4 is 20.1 Å². The molecule has 0 amide bonds. The number of carbonyl (C=O) groups is 1. The number of oxazole rings is 1. The third-order valence-corrected chi connectivity index (χ3v) is 11.5. The van der Waals surface area contributed by atoms with E-state index in [0.717, 1.165) is 62.8 Å². The highest BCUT2D eigenvalue weighted by atomic mass is 16.5. The summed E-state index contributed by atoms with van der Waals surface area (Å²) in [6, 6.07) is 22.3. The fraction of sp³-hybridized carbons (Fsp3) is 0.364. The first kappa shape index (κ1) is 38.1. The Morgan fingerprint density at radius 1 is 0.965 bits per heavy atom. The van der Waals surface area contributed by atoms with Crippen LogP contribution in [0.4, 0.5) is 0 Å². The van der Waals surface area contributed by atoms with Crippen LogP contribution in [0.5, 0.6) is 11.5 Å². The lowest BCUT2D eigenvalue weighted by Gasteiger charge is -2.29. The number of ether oxygens (including phenoxy) is 3. The second-order valence-corrected chi connectivity index (χ2v) is 14.9. The number of nitrogens with one attached hydrogen (secondary N) is 2.